The lowest BCUT2D eigenvalue weighted by molar-refractivity contribution is 0.272. The van der Waals surface area contributed by atoms with E-state index in [2.05, 4.69) is 0 Å². The van der Waals surface area contributed by atoms with E-state index in [0.717, 1.165) is 18.4 Å². The zero-order chi connectivity index (χ0) is 11.6. The number of hydrogen-bond donors (Lipinski definition) is 1. The highest BCUT2D eigenvalue weighted by atomic mass is 32.2. The first kappa shape index (κ1) is 11.9. The van der Waals surface area contributed by atoms with Crippen molar-refractivity contribution in [1.82, 2.24) is 0 Å². The quantitative estimate of drug-likeness (QED) is 0.837. The standard InChI is InChI=1S/C9H11FO4S/c1-14-8-4-9(15(2,12)13)7(10)3-6(8)5-11/h3-4,11H,5H2,1-2H3. The van der Waals surface area contributed by atoms with Crippen LogP contribution in [0.5, 0.6) is 5.75 Å². The van der Waals surface area contributed by atoms with Gasteiger partial charge in [0.1, 0.15) is 16.5 Å². The maximum absolute atomic E-state index is 13.3. The molecule has 0 atom stereocenters. The van der Waals surface area contributed by atoms with Gasteiger partial charge in [0.15, 0.2) is 9.84 Å². The number of aliphatic hydroxyl groups is 1. The highest BCUT2D eigenvalue weighted by Gasteiger charge is 2.17. The summed E-state index contributed by atoms with van der Waals surface area (Å²) >= 11 is 0. The van der Waals surface area contributed by atoms with Crippen LogP contribution in [0.25, 0.3) is 0 Å². The molecule has 1 aromatic carbocycles. The molecule has 0 bridgehead atoms. The topological polar surface area (TPSA) is 63.6 Å². The van der Waals surface area contributed by atoms with Crippen molar-refractivity contribution in [3.8, 4) is 5.75 Å². The number of benzene rings is 1. The fourth-order valence-corrected chi connectivity index (χ4v) is 1.91. The smallest absolute Gasteiger partial charge is 0.178 e. The molecular formula is C9H11FO4S. The van der Waals surface area contributed by atoms with Gasteiger partial charge in [0, 0.05) is 17.9 Å². The second-order valence-corrected chi connectivity index (χ2v) is 5.01. The summed E-state index contributed by atoms with van der Waals surface area (Å²) in [7, 11) is -2.31. The molecule has 1 aromatic rings. The lowest BCUT2D eigenvalue weighted by Crippen LogP contribution is -2.03. The molecule has 0 saturated heterocycles. The Labute approximate surface area is 87.2 Å². The van der Waals surface area contributed by atoms with Gasteiger partial charge in [-0.3, -0.25) is 0 Å². The second-order valence-electron chi connectivity index (χ2n) is 3.02. The molecule has 0 unspecified atom stereocenters. The molecular weight excluding hydrogens is 223 g/mol. The van der Waals surface area contributed by atoms with Gasteiger partial charge in [0.2, 0.25) is 0 Å². The van der Waals surface area contributed by atoms with Gasteiger partial charge in [0.05, 0.1) is 13.7 Å². The summed E-state index contributed by atoms with van der Waals surface area (Å²) in [5.41, 5.74) is 0.211. The lowest BCUT2D eigenvalue weighted by Gasteiger charge is -2.09. The number of rotatable bonds is 3. The molecule has 4 nitrogen and oxygen atoms in total. The van der Waals surface area contributed by atoms with Gasteiger partial charge in [-0.05, 0) is 6.07 Å². The van der Waals surface area contributed by atoms with E-state index in [1.165, 1.54) is 7.11 Å². The van der Waals surface area contributed by atoms with Crippen molar-refractivity contribution < 1.29 is 22.7 Å². The molecule has 0 saturated carbocycles. The minimum Gasteiger partial charge on any atom is -0.496 e. The molecule has 1 rings (SSSR count). The Hall–Kier alpha value is -1.14. The van der Waals surface area contributed by atoms with Crippen molar-refractivity contribution in [2.75, 3.05) is 13.4 Å². The van der Waals surface area contributed by atoms with Crippen LogP contribution >= 0.6 is 0 Å². The van der Waals surface area contributed by atoms with Crippen LogP contribution < -0.4 is 4.74 Å². The summed E-state index contributed by atoms with van der Waals surface area (Å²) < 4.78 is 40.5. The molecule has 0 heterocycles. The maximum atomic E-state index is 13.3. The summed E-state index contributed by atoms with van der Waals surface area (Å²) in [4.78, 5) is -0.434. The predicted molar refractivity (Wildman–Crippen MR) is 52.0 cm³/mol. The van der Waals surface area contributed by atoms with Crippen molar-refractivity contribution in [3.63, 3.8) is 0 Å². The fourth-order valence-electron chi connectivity index (χ4n) is 1.17. The third-order valence-electron chi connectivity index (χ3n) is 1.90. The van der Waals surface area contributed by atoms with E-state index in [9.17, 15) is 12.8 Å². The fraction of sp³-hybridized carbons (Fsp3) is 0.333. The summed E-state index contributed by atoms with van der Waals surface area (Å²) in [6, 6.07) is 2.02. The predicted octanol–water partition coefficient (Wildman–Crippen LogP) is 0.730. The van der Waals surface area contributed by atoms with Gasteiger partial charge in [-0.1, -0.05) is 0 Å². The Kier molecular flexibility index (Phi) is 3.31. The average Bonchev–Trinajstić information content (AvgIpc) is 2.15. The molecule has 15 heavy (non-hydrogen) atoms. The number of sulfone groups is 1. The van der Waals surface area contributed by atoms with Gasteiger partial charge >= 0.3 is 0 Å². The van der Waals surface area contributed by atoms with E-state index in [1.807, 2.05) is 0 Å². The first-order valence-corrected chi connectivity index (χ1v) is 5.96. The monoisotopic (exact) mass is 234 g/mol. The van der Waals surface area contributed by atoms with E-state index in [-0.39, 0.29) is 11.3 Å². The number of ether oxygens (including phenoxy) is 1. The van der Waals surface area contributed by atoms with E-state index in [1.54, 1.807) is 0 Å². The van der Waals surface area contributed by atoms with Gasteiger partial charge in [0.25, 0.3) is 0 Å². The van der Waals surface area contributed by atoms with Crippen molar-refractivity contribution in [2.24, 2.45) is 0 Å². The number of halogens is 1. The normalized spacial score (nSPS) is 11.5. The van der Waals surface area contributed by atoms with Gasteiger partial charge in [-0.25, -0.2) is 12.8 Å². The Bertz CT molecular complexity index is 467. The van der Waals surface area contributed by atoms with E-state index >= 15 is 0 Å². The molecule has 1 N–H and O–H groups in total. The van der Waals surface area contributed by atoms with Crippen molar-refractivity contribution in [3.05, 3.63) is 23.5 Å². The first-order chi connectivity index (χ1) is 6.90. The summed E-state index contributed by atoms with van der Waals surface area (Å²) in [6.45, 7) is -0.413. The maximum Gasteiger partial charge on any atom is 0.178 e. The lowest BCUT2D eigenvalue weighted by atomic mass is 10.2. The Balaban J connectivity index is 3.46. The molecule has 0 aliphatic carbocycles. The number of methoxy groups -OCH3 is 1. The molecule has 0 aromatic heterocycles. The van der Waals surface area contributed by atoms with Crippen molar-refractivity contribution in [2.45, 2.75) is 11.5 Å². The van der Waals surface area contributed by atoms with E-state index in [0.29, 0.717) is 0 Å². The molecule has 0 spiro atoms. The highest BCUT2D eigenvalue weighted by molar-refractivity contribution is 7.90. The number of aliphatic hydroxyl groups excluding tert-OH is 1. The Morgan fingerprint density at radius 2 is 2.07 bits per heavy atom. The van der Waals surface area contributed by atoms with Crippen LogP contribution in [0.3, 0.4) is 0 Å². The molecule has 0 radical (unpaired) electrons. The molecule has 0 fully saturated rings. The minimum absolute atomic E-state index is 0.152. The van der Waals surface area contributed by atoms with Crippen LogP contribution in [0.4, 0.5) is 4.39 Å². The van der Waals surface area contributed by atoms with Gasteiger partial charge in [-0.15, -0.1) is 0 Å². The third-order valence-corrected chi connectivity index (χ3v) is 3.02. The average molecular weight is 234 g/mol. The Morgan fingerprint density at radius 1 is 1.47 bits per heavy atom. The van der Waals surface area contributed by atoms with Crippen LogP contribution in [-0.4, -0.2) is 26.9 Å². The first-order valence-electron chi connectivity index (χ1n) is 4.07. The third kappa shape index (κ3) is 2.45. The van der Waals surface area contributed by atoms with Gasteiger partial charge in [-0.2, -0.15) is 0 Å². The molecule has 6 heteroatoms. The second kappa shape index (κ2) is 4.16. The zero-order valence-electron chi connectivity index (χ0n) is 8.32. The highest BCUT2D eigenvalue weighted by Crippen LogP contribution is 2.25. The van der Waals surface area contributed by atoms with Crippen LogP contribution in [0.1, 0.15) is 5.56 Å². The summed E-state index contributed by atoms with van der Waals surface area (Å²) in [5, 5.41) is 8.87. The van der Waals surface area contributed by atoms with Crippen molar-refractivity contribution >= 4 is 9.84 Å². The molecule has 0 aliphatic heterocycles. The molecule has 0 aliphatic rings. The molecule has 0 amide bonds. The Morgan fingerprint density at radius 3 is 2.47 bits per heavy atom. The SMILES string of the molecule is COc1cc(S(C)(=O)=O)c(F)cc1CO. The van der Waals surface area contributed by atoms with Gasteiger partial charge < -0.3 is 9.84 Å². The largest absolute Gasteiger partial charge is 0.496 e. The van der Waals surface area contributed by atoms with Crippen LogP contribution in [0, 0.1) is 5.82 Å². The number of hydrogen-bond acceptors (Lipinski definition) is 4. The zero-order valence-corrected chi connectivity index (χ0v) is 9.14. The minimum atomic E-state index is -3.63. The van der Waals surface area contributed by atoms with Crippen LogP contribution in [-0.2, 0) is 16.4 Å². The van der Waals surface area contributed by atoms with Crippen LogP contribution in [0.2, 0.25) is 0 Å². The van der Waals surface area contributed by atoms with E-state index < -0.39 is 27.2 Å². The van der Waals surface area contributed by atoms with E-state index in [4.69, 9.17) is 9.84 Å². The summed E-state index contributed by atoms with van der Waals surface area (Å²) in [6.07, 6.45) is 0.906. The summed E-state index contributed by atoms with van der Waals surface area (Å²) in [5.74, 6) is -0.735. The molecule has 84 valence electrons. The van der Waals surface area contributed by atoms with Crippen LogP contribution in [0.15, 0.2) is 17.0 Å². The van der Waals surface area contributed by atoms with Crippen molar-refractivity contribution in [1.29, 1.82) is 0 Å².